The molecule has 23 heavy (non-hydrogen) atoms. The van der Waals surface area contributed by atoms with Crippen LogP contribution in [0.1, 0.15) is 72.6 Å². The van der Waals surface area contributed by atoms with Crippen LogP contribution in [-0.2, 0) is 4.74 Å². The summed E-state index contributed by atoms with van der Waals surface area (Å²) in [6, 6.07) is 0. The summed E-state index contributed by atoms with van der Waals surface area (Å²) in [5, 5.41) is 10.5. The standard InChI is InChI=1S/C20H37NO2/c1-19(2)8-5-9-20(3,4)21(19)12-18(22)14-23-13-17-11-15-6-7-16(17)10-15/h15-18,22H,5-14H2,1-4H3. The number of nitrogens with zero attached hydrogens (tertiary/aromatic N) is 1. The molecular weight excluding hydrogens is 286 g/mol. The smallest absolute Gasteiger partial charge is 0.0900 e. The predicted octanol–water partition coefficient (Wildman–Crippen LogP) is 3.84. The van der Waals surface area contributed by atoms with Gasteiger partial charge < -0.3 is 9.84 Å². The van der Waals surface area contributed by atoms with Crippen LogP contribution in [-0.4, -0.2) is 46.9 Å². The summed E-state index contributed by atoms with van der Waals surface area (Å²) in [6.45, 7) is 11.4. The summed E-state index contributed by atoms with van der Waals surface area (Å²) in [6.07, 6.45) is 9.02. The maximum atomic E-state index is 10.5. The number of likely N-dealkylation sites (tertiary alicyclic amines) is 1. The second kappa shape index (κ2) is 6.65. The Labute approximate surface area is 142 Å². The molecule has 2 bridgehead atoms. The number of ether oxygens (including phenoxy) is 1. The normalized spacial score (nSPS) is 37.2. The van der Waals surface area contributed by atoms with E-state index in [4.69, 9.17) is 4.74 Å². The molecule has 0 spiro atoms. The maximum absolute atomic E-state index is 10.5. The summed E-state index contributed by atoms with van der Waals surface area (Å²) in [5.74, 6) is 2.66. The van der Waals surface area contributed by atoms with E-state index < -0.39 is 0 Å². The van der Waals surface area contributed by atoms with E-state index in [9.17, 15) is 5.11 Å². The molecule has 1 N–H and O–H groups in total. The first-order valence-corrected chi connectivity index (χ1v) is 9.81. The topological polar surface area (TPSA) is 32.7 Å². The van der Waals surface area contributed by atoms with Crippen molar-refractivity contribution in [2.75, 3.05) is 19.8 Å². The minimum absolute atomic E-state index is 0.174. The molecule has 2 saturated carbocycles. The van der Waals surface area contributed by atoms with Crippen molar-refractivity contribution in [2.45, 2.75) is 89.8 Å². The Hall–Kier alpha value is -0.120. The second-order valence-electron chi connectivity index (χ2n) is 9.72. The average molecular weight is 324 g/mol. The lowest BCUT2D eigenvalue weighted by molar-refractivity contribution is -0.0731. The summed E-state index contributed by atoms with van der Waals surface area (Å²) in [7, 11) is 0. The van der Waals surface area contributed by atoms with E-state index in [1.807, 2.05) is 0 Å². The van der Waals surface area contributed by atoms with Crippen molar-refractivity contribution >= 4 is 0 Å². The number of rotatable bonds is 6. The van der Waals surface area contributed by atoms with Gasteiger partial charge in [-0.15, -0.1) is 0 Å². The molecule has 3 fully saturated rings. The van der Waals surface area contributed by atoms with Crippen molar-refractivity contribution < 1.29 is 9.84 Å². The fraction of sp³-hybridized carbons (Fsp3) is 1.00. The van der Waals surface area contributed by atoms with E-state index in [1.54, 1.807) is 0 Å². The highest BCUT2D eigenvalue weighted by Crippen LogP contribution is 2.48. The number of hydrogen-bond donors (Lipinski definition) is 1. The number of aliphatic hydroxyl groups excluding tert-OH is 1. The summed E-state index contributed by atoms with van der Waals surface area (Å²) >= 11 is 0. The van der Waals surface area contributed by atoms with Gasteiger partial charge in [0.15, 0.2) is 0 Å². The van der Waals surface area contributed by atoms with Crippen molar-refractivity contribution in [1.29, 1.82) is 0 Å². The number of piperidine rings is 1. The lowest BCUT2D eigenvalue weighted by Crippen LogP contribution is -2.60. The van der Waals surface area contributed by atoms with Gasteiger partial charge >= 0.3 is 0 Å². The zero-order chi connectivity index (χ0) is 16.7. The average Bonchev–Trinajstić information content (AvgIpc) is 3.05. The van der Waals surface area contributed by atoms with Gasteiger partial charge in [-0.25, -0.2) is 0 Å². The Morgan fingerprint density at radius 2 is 1.78 bits per heavy atom. The summed E-state index contributed by atoms with van der Waals surface area (Å²) in [4.78, 5) is 2.51. The highest BCUT2D eigenvalue weighted by atomic mass is 16.5. The first kappa shape index (κ1) is 17.7. The van der Waals surface area contributed by atoms with Crippen LogP contribution in [0.15, 0.2) is 0 Å². The Kier molecular flexibility index (Phi) is 5.11. The lowest BCUT2D eigenvalue weighted by atomic mass is 9.79. The quantitative estimate of drug-likeness (QED) is 0.806. The number of hydrogen-bond acceptors (Lipinski definition) is 3. The molecule has 0 radical (unpaired) electrons. The number of β-amino-alcohol motifs (C(OH)–C–C–N with tert-alkyl or cyclic N) is 1. The molecule has 2 aliphatic carbocycles. The molecule has 1 heterocycles. The molecule has 3 nitrogen and oxygen atoms in total. The molecule has 0 aromatic rings. The molecule has 0 amide bonds. The molecule has 134 valence electrons. The van der Waals surface area contributed by atoms with Crippen molar-refractivity contribution in [2.24, 2.45) is 17.8 Å². The Balaban J connectivity index is 1.44. The van der Waals surface area contributed by atoms with Crippen LogP contribution in [0.2, 0.25) is 0 Å². The highest BCUT2D eigenvalue weighted by Gasteiger charge is 2.42. The van der Waals surface area contributed by atoms with E-state index in [0.717, 1.165) is 30.9 Å². The lowest BCUT2D eigenvalue weighted by Gasteiger charge is -2.53. The Morgan fingerprint density at radius 1 is 1.09 bits per heavy atom. The molecular formula is C20H37NO2. The van der Waals surface area contributed by atoms with Gasteiger partial charge in [0.2, 0.25) is 0 Å². The Morgan fingerprint density at radius 3 is 2.35 bits per heavy atom. The van der Waals surface area contributed by atoms with Gasteiger partial charge in [0.25, 0.3) is 0 Å². The molecule has 0 aromatic carbocycles. The maximum Gasteiger partial charge on any atom is 0.0900 e. The van der Waals surface area contributed by atoms with Crippen molar-refractivity contribution in [1.82, 2.24) is 4.90 Å². The van der Waals surface area contributed by atoms with Gasteiger partial charge in [-0.05, 0) is 84.0 Å². The molecule has 0 aromatic heterocycles. The summed E-state index contributed by atoms with van der Waals surface area (Å²) < 4.78 is 5.93. The largest absolute Gasteiger partial charge is 0.389 e. The van der Waals surface area contributed by atoms with Gasteiger partial charge in [0, 0.05) is 24.2 Å². The first-order chi connectivity index (χ1) is 10.8. The van der Waals surface area contributed by atoms with Crippen LogP contribution in [0.5, 0.6) is 0 Å². The fourth-order valence-electron chi connectivity index (χ4n) is 5.74. The number of fused-ring (bicyclic) bond motifs is 2. The van der Waals surface area contributed by atoms with E-state index in [0.29, 0.717) is 6.61 Å². The van der Waals surface area contributed by atoms with Crippen LogP contribution in [0.4, 0.5) is 0 Å². The first-order valence-electron chi connectivity index (χ1n) is 9.81. The SMILES string of the molecule is CC1(C)CCCC(C)(C)N1CC(O)COCC1CC2CCC1C2. The van der Waals surface area contributed by atoms with Crippen LogP contribution >= 0.6 is 0 Å². The third-order valence-corrected chi connectivity index (χ3v) is 6.96. The molecule has 3 heteroatoms. The van der Waals surface area contributed by atoms with Crippen molar-refractivity contribution in [3.63, 3.8) is 0 Å². The van der Waals surface area contributed by atoms with Gasteiger partial charge in [0.1, 0.15) is 0 Å². The van der Waals surface area contributed by atoms with Crippen LogP contribution in [0.25, 0.3) is 0 Å². The van der Waals surface area contributed by atoms with E-state index in [-0.39, 0.29) is 17.2 Å². The molecule has 1 saturated heterocycles. The van der Waals surface area contributed by atoms with Crippen LogP contribution < -0.4 is 0 Å². The Bertz CT molecular complexity index is 390. The highest BCUT2D eigenvalue weighted by molar-refractivity contribution is 4.97. The molecule has 4 atom stereocenters. The van der Waals surface area contributed by atoms with E-state index in [2.05, 4.69) is 32.6 Å². The molecule has 3 aliphatic rings. The van der Waals surface area contributed by atoms with Crippen molar-refractivity contribution in [3.05, 3.63) is 0 Å². The minimum Gasteiger partial charge on any atom is -0.389 e. The van der Waals surface area contributed by atoms with E-state index >= 15 is 0 Å². The zero-order valence-electron chi connectivity index (χ0n) is 15.7. The van der Waals surface area contributed by atoms with Gasteiger partial charge in [0.05, 0.1) is 12.7 Å². The van der Waals surface area contributed by atoms with Gasteiger partial charge in [-0.2, -0.15) is 0 Å². The third kappa shape index (κ3) is 3.93. The minimum atomic E-state index is -0.370. The van der Waals surface area contributed by atoms with Gasteiger partial charge in [-0.3, -0.25) is 4.90 Å². The summed E-state index contributed by atoms with van der Waals surface area (Å²) in [5.41, 5.74) is 0.348. The molecule has 3 rings (SSSR count). The fourth-order valence-corrected chi connectivity index (χ4v) is 5.74. The van der Waals surface area contributed by atoms with Crippen molar-refractivity contribution in [3.8, 4) is 0 Å². The van der Waals surface area contributed by atoms with Crippen LogP contribution in [0.3, 0.4) is 0 Å². The predicted molar refractivity (Wildman–Crippen MR) is 94.5 cm³/mol. The van der Waals surface area contributed by atoms with Crippen LogP contribution in [0, 0.1) is 17.8 Å². The monoisotopic (exact) mass is 323 g/mol. The van der Waals surface area contributed by atoms with Gasteiger partial charge in [-0.1, -0.05) is 6.42 Å². The molecule has 1 aliphatic heterocycles. The van der Waals surface area contributed by atoms with E-state index in [1.165, 1.54) is 44.9 Å². The number of aliphatic hydroxyl groups is 1. The zero-order valence-corrected chi connectivity index (χ0v) is 15.7. The third-order valence-electron chi connectivity index (χ3n) is 6.96. The molecule has 4 unspecified atom stereocenters. The second-order valence-corrected chi connectivity index (χ2v) is 9.72.